The van der Waals surface area contributed by atoms with E-state index in [4.69, 9.17) is 0 Å². The van der Waals surface area contributed by atoms with Crippen LogP contribution in [-0.4, -0.2) is 37.8 Å². The number of nitrogens with one attached hydrogen (secondary N) is 3. The highest BCUT2D eigenvalue weighted by Gasteiger charge is 2.05. The summed E-state index contributed by atoms with van der Waals surface area (Å²) < 4.78 is 13.5. The molecule has 0 spiro atoms. The molecule has 0 aliphatic rings. The second kappa shape index (κ2) is 15.1. The number of hydrogen-bond donors (Lipinski definition) is 3. The van der Waals surface area contributed by atoms with E-state index in [0.29, 0.717) is 31.2 Å². The number of carbonyl (C=O) groups excluding carboxylic acids is 1. The topological polar surface area (TPSA) is 65.5 Å². The third-order valence-electron chi connectivity index (χ3n) is 4.19. The van der Waals surface area contributed by atoms with Gasteiger partial charge in [0, 0.05) is 31.0 Å². The number of thioether (sulfide) groups is 1. The Morgan fingerprint density at radius 1 is 1.03 bits per heavy atom. The summed E-state index contributed by atoms with van der Waals surface area (Å²) in [7, 11) is 0. The molecule has 2 aromatic rings. The van der Waals surface area contributed by atoms with Crippen LogP contribution in [-0.2, 0) is 12.3 Å². The fourth-order valence-electron chi connectivity index (χ4n) is 2.73. The molecule has 0 heterocycles. The highest BCUT2D eigenvalue weighted by Crippen LogP contribution is 2.17. The molecule has 0 aliphatic heterocycles. The van der Waals surface area contributed by atoms with Crippen molar-refractivity contribution in [2.24, 2.45) is 4.99 Å². The van der Waals surface area contributed by atoms with Crippen LogP contribution in [0.2, 0.25) is 0 Å². The second-order valence-corrected chi connectivity index (χ2v) is 7.31. The number of guanidine groups is 1. The summed E-state index contributed by atoms with van der Waals surface area (Å²) in [6.45, 7) is 4.50. The number of carbonyl (C=O) groups is 1. The maximum Gasteiger partial charge on any atom is 0.251 e. The van der Waals surface area contributed by atoms with Crippen LogP contribution in [0, 0.1) is 5.82 Å². The van der Waals surface area contributed by atoms with Crippen molar-refractivity contribution in [3.63, 3.8) is 0 Å². The van der Waals surface area contributed by atoms with Gasteiger partial charge in [0.1, 0.15) is 5.82 Å². The van der Waals surface area contributed by atoms with Crippen LogP contribution >= 0.6 is 35.7 Å². The first-order valence-electron chi connectivity index (χ1n) is 9.75. The van der Waals surface area contributed by atoms with E-state index in [1.165, 1.54) is 6.07 Å². The Hall–Kier alpha value is -1.81. The van der Waals surface area contributed by atoms with Crippen molar-refractivity contribution < 1.29 is 9.18 Å². The summed E-state index contributed by atoms with van der Waals surface area (Å²) in [4.78, 5) is 16.6. The van der Waals surface area contributed by atoms with E-state index in [1.54, 1.807) is 36.0 Å². The first-order valence-corrected chi connectivity index (χ1v) is 11.1. The summed E-state index contributed by atoms with van der Waals surface area (Å²) >= 11 is 1.66. The van der Waals surface area contributed by atoms with Crippen molar-refractivity contribution in [2.75, 3.05) is 25.9 Å². The van der Waals surface area contributed by atoms with Crippen molar-refractivity contribution in [1.29, 1.82) is 0 Å². The van der Waals surface area contributed by atoms with Crippen molar-refractivity contribution in [1.82, 2.24) is 16.0 Å². The molecule has 0 unspecified atom stereocenters. The Morgan fingerprint density at radius 2 is 1.77 bits per heavy atom. The zero-order chi connectivity index (χ0) is 20.9. The van der Waals surface area contributed by atoms with Crippen LogP contribution in [0.15, 0.2) is 53.5 Å². The van der Waals surface area contributed by atoms with Crippen LogP contribution in [0.4, 0.5) is 4.39 Å². The maximum absolute atomic E-state index is 13.5. The smallest absolute Gasteiger partial charge is 0.251 e. The van der Waals surface area contributed by atoms with E-state index in [0.717, 1.165) is 29.8 Å². The zero-order valence-corrected chi connectivity index (χ0v) is 20.6. The van der Waals surface area contributed by atoms with Crippen LogP contribution in [0.5, 0.6) is 0 Å². The van der Waals surface area contributed by atoms with Gasteiger partial charge >= 0.3 is 0 Å². The Balaban J connectivity index is 0.00000450. The zero-order valence-electron chi connectivity index (χ0n) is 17.4. The molecule has 1 amide bonds. The first kappa shape index (κ1) is 26.2. The summed E-state index contributed by atoms with van der Waals surface area (Å²) in [6.07, 6.45) is 2.78. The third kappa shape index (κ3) is 9.34. The van der Waals surface area contributed by atoms with Crippen molar-refractivity contribution in [3.05, 3.63) is 71.0 Å². The predicted octanol–water partition coefficient (Wildman–Crippen LogP) is 4.18. The van der Waals surface area contributed by atoms with Gasteiger partial charge in [-0.1, -0.05) is 24.3 Å². The van der Waals surface area contributed by atoms with E-state index in [-0.39, 0.29) is 35.7 Å². The van der Waals surface area contributed by atoms with Gasteiger partial charge in [0.05, 0.1) is 6.54 Å². The lowest BCUT2D eigenvalue weighted by atomic mass is 10.1. The molecule has 3 N–H and O–H groups in total. The molecule has 30 heavy (non-hydrogen) atoms. The lowest BCUT2D eigenvalue weighted by Crippen LogP contribution is -2.38. The molecule has 0 aliphatic carbocycles. The minimum absolute atomic E-state index is 0. The first-order chi connectivity index (χ1) is 14.1. The summed E-state index contributed by atoms with van der Waals surface area (Å²) in [5.74, 6) is 1.18. The van der Waals surface area contributed by atoms with Crippen molar-refractivity contribution in [3.8, 4) is 0 Å². The number of nitrogens with zero attached hydrogens (tertiary/aromatic N) is 1. The fraction of sp³-hybridized carbons (Fsp3) is 0.364. The van der Waals surface area contributed by atoms with Gasteiger partial charge in [0.15, 0.2) is 5.96 Å². The Bertz CT molecular complexity index is 805. The standard InChI is InChI=1S/C22H29FN4OS.HI/c1-3-24-22(27-15-18-10-11-20(23)14-19(18)16-29-2)26-13-7-12-25-21(28)17-8-5-4-6-9-17;/h4-6,8-11,14H,3,7,12-13,15-16H2,1-2H3,(H,25,28)(H2,24,26,27);1H. The van der Waals surface area contributed by atoms with Gasteiger partial charge in [-0.2, -0.15) is 11.8 Å². The van der Waals surface area contributed by atoms with Crippen molar-refractivity contribution in [2.45, 2.75) is 25.6 Å². The largest absolute Gasteiger partial charge is 0.357 e. The highest BCUT2D eigenvalue weighted by molar-refractivity contribution is 14.0. The number of halogens is 2. The van der Waals surface area contributed by atoms with Crippen LogP contribution in [0.3, 0.4) is 0 Å². The average Bonchev–Trinajstić information content (AvgIpc) is 2.73. The average molecular weight is 544 g/mol. The van der Waals surface area contributed by atoms with Crippen LogP contribution < -0.4 is 16.0 Å². The van der Waals surface area contributed by atoms with E-state index in [2.05, 4.69) is 20.9 Å². The number of benzene rings is 2. The van der Waals surface area contributed by atoms with Gasteiger partial charge in [-0.3, -0.25) is 4.79 Å². The number of amides is 1. The Morgan fingerprint density at radius 3 is 2.47 bits per heavy atom. The summed E-state index contributed by atoms with van der Waals surface area (Å²) in [6, 6.07) is 14.0. The molecule has 0 atom stereocenters. The van der Waals surface area contributed by atoms with E-state index >= 15 is 0 Å². The summed E-state index contributed by atoms with van der Waals surface area (Å²) in [5, 5.41) is 9.40. The molecule has 0 aromatic heterocycles. The fourth-order valence-corrected chi connectivity index (χ4v) is 3.31. The number of aliphatic imine (C=N–C) groups is 1. The van der Waals surface area contributed by atoms with Gasteiger partial charge in [0.25, 0.3) is 5.91 Å². The number of hydrogen-bond acceptors (Lipinski definition) is 3. The minimum atomic E-state index is -0.218. The molecule has 5 nitrogen and oxygen atoms in total. The lowest BCUT2D eigenvalue weighted by Gasteiger charge is -2.13. The quantitative estimate of drug-likeness (QED) is 0.182. The molecule has 2 rings (SSSR count). The van der Waals surface area contributed by atoms with Gasteiger partial charge in [-0.25, -0.2) is 9.38 Å². The van der Waals surface area contributed by atoms with Crippen molar-refractivity contribution >= 4 is 47.6 Å². The summed E-state index contributed by atoms with van der Waals surface area (Å²) in [5.41, 5.74) is 2.66. The normalized spacial score (nSPS) is 10.8. The van der Waals surface area contributed by atoms with Gasteiger partial charge in [0.2, 0.25) is 0 Å². The molecular formula is C22H30FIN4OS. The van der Waals surface area contributed by atoms with Crippen LogP contribution in [0.1, 0.15) is 34.8 Å². The molecule has 8 heteroatoms. The molecule has 0 fully saturated rings. The lowest BCUT2D eigenvalue weighted by molar-refractivity contribution is 0.0953. The maximum atomic E-state index is 13.5. The monoisotopic (exact) mass is 544 g/mol. The molecule has 0 bridgehead atoms. The Kier molecular flexibility index (Phi) is 13.2. The molecule has 0 saturated heterocycles. The molecular weight excluding hydrogens is 514 g/mol. The van der Waals surface area contributed by atoms with Gasteiger partial charge in [-0.15, -0.1) is 24.0 Å². The molecule has 0 saturated carbocycles. The molecule has 2 aromatic carbocycles. The molecule has 0 radical (unpaired) electrons. The van der Waals surface area contributed by atoms with E-state index < -0.39 is 0 Å². The van der Waals surface area contributed by atoms with Crippen LogP contribution in [0.25, 0.3) is 0 Å². The van der Waals surface area contributed by atoms with E-state index in [1.807, 2.05) is 31.4 Å². The molecule has 164 valence electrons. The second-order valence-electron chi connectivity index (χ2n) is 6.44. The van der Waals surface area contributed by atoms with Gasteiger partial charge < -0.3 is 16.0 Å². The number of rotatable bonds is 10. The Labute approximate surface area is 199 Å². The predicted molar refractivity (Wildman–Crippen MR) is 135 cm³/mol. The minimum Gasteiger partial charge on any atom is -0.357 e. The SMILES string of the molecule is CCNC(=NCc1ccc(F)cc1CSC)NCCCNC(=O)c1ccccc1.I. The third-order valence-corrected chi connectivity index (χ3v) is 4.79. The van der Waals surface area contributed by atoms with E-state index in [9.17, 15) is 9.18 Å². The highest BCUT2D eigenvalue weighted by atomic mass is 127. The van der Waals surface area contributed by atoms with Gasteiger partial charge in [-0.05, 0) is 55.0 Å².